The van der Waals surface area contributed by atoms with Crippen molar-refractivity contribution in [2.45, 2.75) is 41.5 Å². The van der Waals surface area contributed by atoms with Gasteiger partial charge in [0.2, 0.25) is 0 Å². The van der Waals surface area contributed by atoms with Crippen molar-refractivity contribution in [2.75, 3.05) is 9.80 Å². The van der Waals surface area contributed by atoms with Crippen molar-refractivity contribution in [1.29, 1.82) is 0 Å². The fourth-order valence-electron chi connectivity index (χ4n) is 3.70. The molecule has 0 bridgehead atoms. The summed E-state index contributed by atoms with van der Waals surface area (Å²) in [4.78, 5) is 4.63. The maximum absolute atomic E-state index is 2.31. The summed E-state index contributed by atoms with van der Waals surface area (Å²) in [6.45, 7) is 12.4. The zero-order valence-corrected chi connectivity index (χ0v) is 21.4. The topological polar surface area (TPSA) is 6.48 Å². The molecule has 0 unspecified atom stereocenters. The molecule has 0 fully saturated rings. The lowest BCUT2D eigenvalue weighted by molar-refractivity contribution is 1.04. The summed E-state index contributed by atoms with van der Waals surface area (Å²) in [5, 5.41) is 0. The van der Waals surface area contributed by atoms with E-state index < -0.39 is 0 Å². The van der Waals surface area contributed by atoms with Crippen molar-refractivity contribution < 1.29 is 0 Å². The van der Waals surface area contributed by atoms with Crippen molar-refractivity contribution in [3.63, 3.8) is 0 Å². The first kappa shape index (κ1) is 26.5. The van der Waals surface area contributed by atoms with E-state index in [1.54, 1.807) is 0 Å². The largest absolute Gasteiger partial charge is 0.313 e. The van der Waals surface area contributed by atoms with Crippen LogP contribution in [0.2, 0.25) is 0 Å². The summed E-state index contributed by atoms with van der Waals surface area (Å²) in [5.74, 6) is 0. The normalized spacial score (nSPS) is 10.5. The summed E-state index contributed by atoms with van der Waals surface area (Å²) < 4.78 is 0. The Morgan fingerprint density at radius 1 is 0.353 bits per heavy atom. The zero-order valence-electron chi connectivity index (χ0n) is 21.4. The standard InChI is InChI=1S/C28H26N2.2C2H6/c1-23(29(25-15-7-3-8-16-25)26-17-9-4-10-18-26)24(2)30(27-19-11-5-12-20-27)28-21-13-6-14-22-28;2*1-2/h3-22H,1-2H3;2*1-2H3/b24-23+;;. The minimum Gasteiger partial charge on any atom is -0.313 e. The van der Waals surface area contributed by atoms with E-state index in [-0.39, 0.29) is 0 Å². The Balaban J connectivity index is 0.000000970. The average molecular weight is 451 g/mol. The molecule has 0 N–H and O–H groups in total. The van der Waals surface area contributed by atoms with Crippen LogP contribution in [-0.2, 0) is 0 Å². The maximum atomic E-state index is 2.31. The Morgan fingerprint density at radius 3 is 0.706 bits per heavy atom. The van der Waals surface area contributed by atoms with Crippen LogP contribution in [0, 0.1) is 0 Å². The lowest BCUT2D eigenvalue weighted by Gasteiger charge is -2.33. The summed E-state index contributed by atoms with van der Waals surface area (Å²) in [6.07, 6.45) is 0. The van der Waals surface area contributed by atoms with Crippen molar-refractivity contribution in [3.05, 3.63) is 133 Å². The van der Waals surface area contributed by atoms with Gasteiger partial charge in [0.05, 0.1) is 0 Å². The molecule has 0 atom stereocenters. The molecular formula is C32H38N2. The summed E-state index contributed by atoms with van der Waals surface area (Å²) in [6, 6.07) is 42.1. The van der Waals surface area contributed by atoms with Gasteiger partial charge in [0, 0.05) is 34.1 Å². The van der Waals surface area contributed by atoms with Crippen LogP contribution in [0.3, 0.4) is 0 Å². The Hall–Kier alpha value is -3.78. The number of benzene rings is 4. The summed E-state index contributed by atoms with van der Waals surface area (Å²) in [7, 11) is 0. The van der Waals surface area contributed by atoms with Gasteiger partial charge in [-0.05, 0) is 62.4 Å². The molecule has 4 aromatic rings. The van der Waals surface area contributed by atoms with Crippen LogP contribution >= 0.6 is 0 Å². The Labute approximate surface area is 206 Å². The predicted octanol–water partition coefficient (Wildman–Crippen LogP) is 9.97. The summed E-state index contributed by atoms with van der Waals surface area (Å²) in [5.41, 5.74) is 6.90. The molecule has 0 heterocycles. The van der Waals surface area contributed by atoms with Crippen LogP contribution in [-0.4, -0.2) is 0 Å². The van der Waals surface area contributed by atoms with Gasteiger partial charge in [-0.1, -0.05) is 100 Å². The Kier molecular flexibility index (Phi) is 11.2. The summed E-state index contributed by atoms with van der Waals surface area (Å²) >= 11 is 0. The number of nitrogens with zero attached hydrogens (tertiary/aromatic N) is 2. The van der Waals surface area contributed by atoms with E-state index in [0.29, 0.717) is 0 Å². The maximum Gasteiger partial charge on any atom is 0.0459 e. The Morgan fingerprint density at radius 2 is 0.529 bits per heavy atom. The highest BCUT2D eigenvalue weighted by Gasteiger charge is 2.19. The van der Waals surface area contributed by atoms with Gasteiger partial charge in [0.15, 0.2) is 0 Å². The monoisotopic (exact) mass is 450 g/mol. The number of para-hydroxylation sites is 4. The van der Waals surface area contributed by atoms with Crippen molar-refractivity contribution in [2.24, 2.45) is 0 Å². The first-order valence-corrected chi connectivity index (χ1v) is 12.2. The first-order valence-electron chi connectivity index (χ1n) is 12.2. The molecule has 0 aliphatic rings. The highest BCUT2D eigenvalue weighted by molar-refractivity contribution is 5.73. The molecule has 0 spiro atoms. The molecule has 4 aromatic carbocycles. The number of hydrogen-bond donors (Lipinski definition) is 0. The fraction of sp³-hybridized carbons (Fsp3) is 0.188. The molecule has 2 nitrogen and oxygen atoms in total. The van der Waals surface area contributed by atoms with Crippen molar-refractivity contribution >= 4 is 22.7 Å². The number of allylic oxidation sites excluding steroid dienone is 2. The molecule has 4 rings (SSSR count). The van der Waals surface area contributed by atoms with Gasteiger partial charge in [-0.3, -0.25) is 0 Å². The van der Waals surface area contributed by atoms with Gasteiger partial charge >= 0.3 is 0 Å². The third kappa shape index (κ3) is 6.62. The number of rotatable bonds is 6. The van der Waals surface area contributed by atoms with Crippen LogP contribution < -0.4 is 9.80 Å². The molecule has 176 valence electrons. The molecule has 34 heavy (non-hydrogen) atoms. The molecule has 0 saturated heterocycles. The second-order valence-corrected chi connectivity index (χ2v) is 7.18. The number of hydrogen-bond acceptors (Lipinski definition) is 2. The smallest absolute Gasteiger partial charge is 0.0459 e. The van der Waals surface area contributed by atoms with Crippen molar-refractivity contribution in [1.82, 2.24) is 0 Å². The Bertz CT molecular complexity index is 919. The molecular weight excluding hydrogens is 412 g/mol. The quantitative estimate of drug-likeness (QED) is 0.288. The highest BCUT2D eigenvalue weighted by Crippen LogP contribution is 2.35. The average Bonchev–Trinajstić information content (AvgIpc) is 2.93. The van der Waals surface area contributed by atoms with Gasteiger partial charge in [-0.25, -0.2) is 0 Å². The molecule has 0 amide bonds. The fourth-order valence-corrected chi connectivity index (χ4v) is 3.70. The lowest BCUT2D eigenvalue weighted by atomic mass is 10.1. The van der Waals surface area contributed by atoms with Crippen molar-refractivity contribution in [3.8, 4) is 0 Å². The second-order valence-electron chi connectivity index (χ2n) is 7.18. The van der Waals surface area contributed by atoms with Crippen LogP contribution in [0.1, 0.15) is 41.5 Å². The highest BCUT2D eigenvalue weighted by atomic mass is 15.2. The van der Waals surface area contributed by atoms with E-state index in [0.717, 1.165) is 22.7 Å². The van der Waals surface area contributed by atoms with Gasteiger partial charge in [-0.15, -0.1) is 0 Å². The van der Waals surface area contributed by atoms with E-state index in [2.05, 4.69) is 145 Å². The molecule has 0 aliphatic carbocycles. The van der Waals surface area contributed by atoms with Crippen LogP contribution in [0.25, 0.3) is 0 Å². The van der Waals surface area contributed by atoms with Gasteiger partial charge < -0.3 is 9.80 Å². The van der Waals surface area contributed by atoms with E-state index in [1.807, 2.05) is 27.7 Å². The third-order valence-corrected chi connectivity index (χ3v) is 5.25. The van der Waals surface area contributed by atoms with E-state index in [1.165, 1.54) is 11.4 Å². The minimum absolute atomic E-state index is 1.14. The van der Waals surface area contributed by atoms with E-state index >= 15 is 0 Å². The van der Waals surface area contributed by atoms with E-state index in [4.69, 9.17) is 0 Å². The molecule has 2 heteroatoms. The van der Waals surface area contributed by atoms with Crippen LogP contribution in [0.5, 0.6) is 0 Å². The number of anilines is 4. The lowest BCUT2D eigenvalue weighted by Crippen LogP contribution is -2.23. The van der Waals surface area contributed by atoms with E-state index in [9.17, 15) is 0 Å². The molecule has 0 aromatic heterocycles. The molecule has 0 saturated carbocycles. The van der Waals surface area contributed by atoms with Gasteiger partial charge in [0.25, 0.3) is 0 Å². The molecule has 0 radical (unpaired) electrons. The van der Waals surface area contributed by atoms with Gasteiger partial charge in [-0.2, -0.15) is 0 Å². The zero-order chi connectivity index (χ0) is 24.8. The van der Waals surface area contributed by atoms with Crippen LogP contribution in [0.4, 0.5) is 22.7 Å². The first-order chi connectivity index (χ1) is 16.8. The molecule has 0 aliphatic heterocycles. The third-order valence-electron chi connectivity index (χ3n) is 5.25. The minimum atomic E-state index is 1.14. The van der Waals surface area contributed by atoms with Gasteiger partial charge in [0.1, 0.15) is 0 Å². The SMILES string of the molecule is C/C(=C(/C)N(c1ccccc1)c1ccccc1)N(c1ccccc1)c1ccccc1.CC.CC. The predicted molar refractivity (Wildman–Crippen MR) is 151 cm³/mol. The second kappa shape index (κ2) is 14.4. The van der Waals surface area contributed by atoms with Crippen LogP contribution in [0.15, 0.2) is 133 Å².